The van der Waals surface area contributed by atoms with Crippen molar-refractivity contribution in [2.24, 2.45) is 0 Å². The van der Waals surface area contributed by atoms with E-state index in [1.165, 1.54) is 132 Å². The summed E-state index contributed by atoms with van der Waals surface area (Å²) in [7, 11) is 0. The second kappa shape index (κ2) is 10.7. The Labute approximate surface area is 344 Å². The van der Waals surface area contributed by atoms with Gasteiger partial charge < -0.3 is 9.38 Å². The zero-order chi connectivity index (χ0) is 37.4. The lowest BCUT2D eigenvalue weighted by Crippen LogP contribution is -2.56. The van der Waals surface area contributed by atoms with Gasteiger partial charge in [-0.15, -0.1) is 34.0 Å². The van der Waals surface area contributed by atoms with Crippen molar-refractivity contribution in [3.05, 3.63) is 164 Å². The second-order valence-corrected chi connectivity index (χ2v) is 19.2. The highest BCUT2D eigenvalue weighted by Crippen LogP contribution is 2.52. The number of thiophene rings is 3. The molecule has 0 radical (unpaired) electrons. The topological polar surface area (TPSA) is 8.17 Å². The number of fused-ring (bicyclic) bond motifs is 18. The molecule has 0 bridgehead atoms. The average molecular weight is 787 g/mol. The third-order valence-electron chi connectivity index (χ3n) is 13.1. The van der Waals surface area contributed by atoms with Gasteiger partial charge in [0.15, 0.2) is 0 Å². The molecule has 0 atom stereocenters. The molecule has 13 aromatic rings. The van der Waals surface area contributed by atoms with E-state index in [9.17, 15) is 0 Å². The number of nitrogens with zero attached hydrogens (tertiary/aromatic N) is 2. The fourth-order valence-electron chi connectivity index (χ4n) is 10.7. The van der Waals surface area contributed by atoms with Crippen LogP contribution in [0.1, 0.15) is 0 Å². The van der Waals surface area contributed by atoms with Crippen molar-refractivity contribution < 1.29 is 0 Å². The molecule has 15 rings (SSSR count). The molecule has 2 aliphatic heterocycles. The fraction of sp³-hybridized carbons (Fsp3) is 0. The minimum Gasteiger partial charge on any atom is -0.375 e. The Kier molecular flexibility index (Phi) is 5.68. The molecule has 0 saturated heterocycles. The molecular formula is C52H27BN2S3. The van der Waals surface area contributed by atoms with Crippen LogP contribution in [0, 0.1) is 0 Å². The van der Waals surface area contributed by atoms with Crippen LogP contribution in [0.4, 0.5) is 17.1 Å². The molecule has 9 aromatic carbocycles. The summed E-state index contributed by atoms with van der Waals surface area (Å²) in [6, 6.07) is 62.4. The number of benzene rings is 9. The predicted octanol–water partition coefficient (Wildman–Crippen LogP) is 14.5. The minimum absolute atomic E-state index is 0.0257. The van der Waals surface area contributed by atoms with Crippen molar-refractivity contribution in [3.8, 4) is 11.1 Å². The van der Waals surface area contributed by atoms with E-state index in [1.807, 2.05) is 34.0 Å². The van der Waals surface area contributed by atoms with Gasteiger partial charge in [0.05, 0.1) is 0 Å². The monoisotopic (exact) mass is 786 g/mol. The molecule has 58 heavy (non-hydrogen) atoms. The largest absolute Gasteiger partial charge is 0.375 e. The molecule has 0 saturated carbocycles. The van der Waals surface area contributed by atoms with Gasteiger partial charge >= 0.3 is 6.85 Å². The first-order valence-electron chi connectivity index (χ1n) is 19.9. The van der Waals surface area contributed by atoms with Crippen LogP contribution < -0.4 is 15.8 Å². The van der Waals surface area contributed by atoms with Crippen molar-refractivity contribution in [3.63, 3.8) is 0 Å². The first kappa shape index (κ1) is 30.7. The molecule has 2 nitrogen and oxygen atoms in total. The van der Waals surface area contributed by atoms with Gasteiger partial charge in [-0.25, -0.2) is 0 Å². The summed E-state index contributed by atoms with van der Waals surface area (Å²) in [6.45, 7) is -0.0257. The quantitative estimate of drug-likeness (QED) is 0.151. The predicted molar refractivity (Wildman–Crippen MR) is 256 cm³/mol. The molecule has 0 amide bonds. The fourth-order valence-corrected chi connectivity index (χ4v) is 14.2. The third kappa shape index (κ3) is 3.75. The number of anilines is 3. The minimum atomic E-state index is -0.0257. The van der Waals surface area contributed by atoms with E-state index < -0.39 is 0 Å². The highest BCUT2D eigenvalue weighted by molar-refractivity contribution is 7.27. The number of hydrogen-bond donors (Lipinski definition) is 0. The van der Waals surface area contributed by atoms with E-state index in [2.05, 4.69) is 173 Å². The van der Waals surface area contributed by atoms with Crippen LogP contribution in [0.15, 0.2) is 164 Å². The van der Waals surface area contributed by atoms with Gasteiger partial charge in [-0.05, 0) is 88.4 Å². The maximum atomic E-state index is 2.72. The summed E-state index contributed by atoms with van der Waals surface area (Å²) >= 11 is 5.76. The van der Waals surface area contributed by atoms with Crippen molar-refractivity contribution in [1.82, 2.24) is 4.48 Å². The second-order valence-electron chi connectivity index (χ2n) is 16.0. The molecule has 4 aromatic heterocycles. The SMILES string of the molecule is c1ccc2cc3c(cc2c1)c1cccc2c1n3B1c3cc4sc5ccccc5c4cc3N(c3ccc4sc5ccccc5c4c3)c3cc4c(sc5ccccc54)c-2c31. The molecule has 6 heterocycles. The molecule has 0 N–H and O–H groups in total. The molecule has 266 valence electrons. The van der Waals surface area contributed by atoms with Crippen LogP contribution in [0.2, 0.25) is 0 Å². The number of rotatable bonds is 1. The van der Waals surface area contributed by atoms with Crippen molar-refractivity contribution in [2.75, 3.05) is 4.90 Å². The smallest absolute Gasteiger partial charge is 0.333 e. The van der Waals surface area contributed by atoms with Crippen LogP contribution in [0.3, 0.4) is 0 Å². The lowest BCUT2D eigenvalue weighted by molar-refractivity contribution is 1.27. The molecule has 0 spiro atoms. The number of para-hydroxylation sites is 1. The summed E-state index contributed by atoms with van der Waals surface area (Å²) in [5, 5.41) is 13.1. The van der Waals surface area contributed by atoms with Crippen molar-refractivity contribution >= 4 is 162 Å². The van der Waals surface area contributed by atoms with Gasteiger partial charge in [0.2, 0.25) is 0 Å². The van der Waals surface area contributed by atoms with Crippen LogP contribution in [0.5, 0.6) is 0 Å². The average Bonchev–Trinajstić information content (AvgIpc) is 4.02. The normalized spacial score (nSPS) is 13.4. The van der Waals surface area contributed by atoms with Crippen LogP contribution in [0.25, 0.3) is 104 Å². The summed E-state index contributed by atoms with van der Waals surface area (Å²) < 4.78 is 10.8. The van der Waals surface area contributed by atoms with E-state index in [1.54, 1.807) is 0 Å². The van der Waals surface area contributed by atoms with E-state index in [-0.39, 0.29) is 6.85 Å². The van der Waals surface area contributed by atoms with Crippen molar-refractivity contribution in [1.29, 1.82) is 0 Å². The van der Waals surface area contributed by atoms with E-state index in [4.69, 9.17) is 0 Å². The standard InChI is InChI=1S/C52H27BN2S3/c1-2-11-29-23-41-36(22-28(29)10-1)34-15-9-16-35-49-50-43(26-39-33-14-5-8-19-46(33)58-52(39)49)54(30-20-21-47-37(24-30)31-12-3-6-17-44(31)56-47)42-25-38-32-13-4-7-18-45(32)57-48(38)27-40(42)53(50)55(41)51(34)35/h1-27H. The van der Waals surface area contributed by atoms with Crippen LogP contribution >= 0.6 is 34.0 Å². The lowest BCUT2D eigenvalue weighted by atomic mass is 9.45. The van der Waals surface area contributed by atoms with Gasteiger partial charge in [-0.3, -0.25) is 0 Å². The maximum Gasteiger partial charge on any atom is 0.333 e. The lowest BCUT2D eigenvalue weighted by Gasteiger charge is -2.40. The van der Waals surface area contributed by atoms with Crippen molar-refractivity contribution in [2.45, 2.75) is 0 Å². The Morgan fingerprint density at radius 2 is 1.03 bits per heavy atom. The summed E-state index contributed by atoms with van der Waals surface area (Å²) in [5.41, 5.74) is 11.8. The molecule has 6 heteroatoms. The first-order chi connectivity index (χ1) is 28.7. The number of aromatic nitrogens is 1. The van der Waals surface area contributed by atoms with Gasteiger partial charge in [0.25, 0.3) is 0 Å². The summed E-state index contributed by atoms with van der Waals surface area (Å²) in [6.07, 6.45) is 0. The number of hydrogen-bond acceptors (Lipinski definition) is 4. The zero-order valence-electron chi connectivity index (χ0n) is 30.8. The Hall–Kier alpha value is -6.44. The van der Waals surface area contributed by atoms with Gasteiger partial charge in [-0.1, -0.05) is 97.1 Å². The molecule has 0 aliphatic carbocycles. The van der Waals surface area contributed by atoms with Gasteiger partial charge in [-0.2, -0.15) is 0 Å². The van der Waals surface area contributed by atoms with Gasteiger partial charge in [0, 0.05) is 111 Å². The molecule has 2 aliphatic rings. The zero-order valence-corrected chi connectivity index (χ0v) is 33.2. The maximum absolute atomic E-state index is 2.72. The van der Waals surface area contributed by atoms with Gasteiger partial charge in [0.1, 0.15) is 0 Å². The Bertz CT molecular complexity index is 4010. The highest BCUT2D eigenvalue weighted by atomic mass is 32.1. The van der Waals surface area contributed by atoms with Crippen LogP contribution in [-0.4, -0.2) is 11.3 Å². The Morgan fingerprint density at radius 1 is 0.414 bits per heavy atom. The molecular weight excluding hydrogens is 760 g/mol. The molecule has 0 unspecified atom stereocenters. The summed E-state index contributed by atoms with van der Waals surface area (Å²) in [5.74, 6) is 0. The highest BCUT2D eigenvalue weighted by Gasteiger charge is 2.44. The van der Waals surface area contributed by atoms with E-state index in [0.717, 1.165) is 0 Å². The first-order valence-corrected chi connectivity index (χ1v) is 22.3. The third-order valence-corrected chi connectivity index (χ3v) is 16.6. The van der Waals surface area contributed by atoms with Crippen LogP contribution in [-0.2, 0) is 0 Å². The summed E-state index contributed by atoms with van der Waals surface area (Å²) in [4.78, 5) is 2.63. The van der Waals surface area contributed by atoms with E-state index >= 15 is 0 Å². The van der Waals surface area contributed by atoms with E-state index in [0.29, 0.717) is 0 Å². The Balaban J connectivity index is 1.17. The Morgan fingerprint density at radius 3 is 1.83 bits per heavy atom. The molecule has 0 fully saturated rings.